The number of aromatic nitrogens is 1. The van der Waals surface area contributed by atoms with Crippen LogP contribution in [-0.4, -0.2) is 22.8 Å². The average molecular weight is 438 g/mol. The van der Waals surface area contributed by atoms with E-state index in [1.165, 1.54) is 16.9 Å². The minimum Gasteiger partial charge on any atom is -0.309 e. The van der Waals surface area contributed by atoms with E-state index in [1.807, 2.05) is 22.4 Å². The Hall–Kier alpha value is -2.70. The molecule has 7 heteroatoms. The van der Waals surface area contributed by atoms with Gasteiger partial charge >= 0.3 is 0 Å². The molecule has 1 atom stereocenters. The van der Waals surface area contributed by atoms with Crippen molar-refractivity contribution in [2.45, 2.75) is 32.2 Å². The van der Waals surface area contributed by atoms with Gasteiger partial charge in [0.1, 0.15) is 0 Å². The lowest BCUT2D eigenvalue weighted by Gasteiger charge is -2.22. The Labute approximate surface area is 183 Å². The highest BCUT2D eigenvalue weighted by molar-refractivity contribution is 7.14. The number of hydrogen-bond acceptors (Lipinski definition) is 4. The van der Waals surface area contributed by atoms with E-state index in [9.17, 15) is 9.59 Å². The topological polar surface area (TPSA) is 62.3 Å². The first-order valence-electron chi connectivity index (χ1n) is 9.98. The smallest absolute Gasteiger partial charge is 0.257 e. The predicted octanol–water partition coefficient (Wildman–Crippen LogP) is 5.40. The number of fused-ring (bicyclic) bond motifs is 1. The number of thiazole rings is 1. The van der Waals surface area contributed by atoms with E-state index in [1.54, 1.807) is 24.3 Å². The molecule has 30 heavy (non-hydrogen) atoms. The van der Waals surface area contributed by atoms with Gasteiger partial charge in [0, 0.05) is 39.2 Å². The fraction of sp³-hybridized carbons (Fsp3) is 0.261. The predicted molar refractivity (Wildman–Crippen MR) is 120 cm³/mol. The third-order valence-corrected chi connectivity index (χ3v) is 6.60. The van der Waals surface area contributed by atoms with Crippen molar-refractivity contribution in [3.8, 4) is 11.3 Å². The Kier molecular flexibility index (Phi) is 4.83. The Morgan fingerprint density at radius 2 is 1.93 bits per heavy atom. The summed E-state index contributed by atoms with van der Waals surface area (Å²) in [5.74, 6) is 0.253. The molecule has 1 N–H and O–H groups in total. The summed E-state index contributed by atoms with van der Waals surface area (Å²) < 4.78 is 0. The molecule has 1 aliphatic carbocycles. The highest BCUT2D eigenvalue weighted by Crippen LogP contribution is 2.40. The highest BCUT2D eigenvalue weighted by Gasteiger charge is 2.39. The van der Waals surface area contributed by atoms with Crippen molar-refractivity contribution in [2.24, 2.45) is 5.92 Å². The van der Waals surface area contributed by atoms with Crippen molar-refractivity contribution in [3.63, 3.8) is 0 Å². The maximum atomic E-state index is 12.6. The molecule has 1 fully saturated rings. The Morgan fingerprint density at radius 1 is 1.17 bits per heavy atom. The second-order valence-corrected chi connectivity index (χ2v) is 9.17. The first-order chi connectivity index (χ1) is 14.5. The lowest BCUT2D eigenvalue weighted by atomic mass is 10.1. The maximum absolute atomic E-state index is 12.6. The van der Waals surface area contributed by atoms with Gasteiger partial charge in [0.2, 0.25) is 5.91 Å². The number of rotatable bonds is 4. The number of nitrogens with zero attached hydrogens (tertiary/aromatic N) is 2. The largest absolute Gasteiger partial charge is 0.309 e. The van der Waals surface area contributed by atoms with Crippen LogP contribution in [0.2, 0.25) is 5.02 Å². The third-order valence-electron chi connectivity index (χ3n) is 5.59. The minimum atomic E-state index is -0.218. The van der Waals surface area contributed by atoms with Crippen LogP contribution in [0.25, 0.3) is 11.3 Å². The summed E-state index contributed by atoms with van der Waals surface area (Å²) in [5.41, 5.74) is 4.53. The molecule has 0 saturated heterocycles. The van der Waals surface area contributed by atoms with Crippen LogP contribution in [0.3, 0.4) is 0 Å². The van der Waals surface area contributed by atoms with Gasteiger partial charge in [0.15, 0.2) is 5.13 Å². The lowest BCUT2D eigenvalue weighted by molar-refractivity contribution is -0.120. The average Bonchev–Trinajstić information content (AvgIpc) is 3.39. The molecule has 3 aromatic rings. The number of benzene rings is 2. The van der Waals surface area contributed by atoms with Crippen LogP contribution in [0.4, 0.5) is 10.8 Å². The summed E-state index contributed by atoms with van der Waals surface area (Å²) in [5, 5.41) is 5.91. The van der Waals surface area contributed by atoms with Crippen molar-refractivity contribution in [2.75, 3.05) is 10.2 Å². The fourth-order valence-corrected chi connectivity index (χ4v) is 4.73. The molecule has 2 heterocycles. The van der Waals surface area contributed by atoms with Gasteiger partial charge in [-0.05, 0) is 68.1 Å². The highest BCUT2D eigenvalue weighted by atomic mass is 35.5. The van der Waals surface area contributed by atoms with Crippen LogP contribution in [0.15, 0.2) is 47.8 Å². The van der Waals surface area contributed by atoms with Crippen molar-refractivity contribution in [3.05, 3.63) is 64.0 Å². The second kappa shape index (κ2) is 7.52. The summed E-state index contributed by atoms with van der Waals surface area (Å²) in [6, 6.07) is 13.1. The van der Waals surface area contributed by atoms with E-state index in [4.69, 9.17) is 11.6 Å². The first kappa shape index (κ1) is 19.3. The number of carbonyl (C=O) groups excluding carboxylic acids is 2. The second-order valence-electron chi connectivity index (χ2n) is 7.88. The van der Waals surface area contributed by atoms with Crippen LogP contribution in [0.1, 0.15) is 35.7 Å². The zero-order valence-electron chi connectivity index (χ0n) is 16.4. The van der Waals surface area contributed by atoms with Gasteiger partial charge in [-0.2, -0.15) is 0 Å². The Morgan fingerprint density at radius 3 is 2.67 bits per heavy atom. The van der Waals surface area contributed by atoms with Gasteiger partial charge in [-0.1, -0.05) is 17.7 Å². The van der Waals surface area contributed by atoms with E-state index in [0.717, 1.165) is 36.2 Å². The molecule has 5 nitrogen and oxygen atoms in total. The summed E-state index contributed by atoms with van der Waals surface area (Å²) in [7, 11) is 0. The normalized spacial score (nSPS) is 17.7. The van der Waals surface area contributed by atoms with Crippen LogP contribution in [0.5, 0.6) is 0 Å². The molecule has 2 aliphatic rings. The number of amides is 2. The molecule has 0 radical (unpaired) electrons. The van der Waals surface area contributed by atoms with Crippen LogP contribution in [0, 0.1) is 5.92 Å². The Bertz CT molecular complexity index is 1140. The minimum absolute atomic E-state index is 0.188. The first-order valence-corrected chi connectivity index (χ1v) is 11.2. The standard InChI is InChI=1S/C23H20ClN3O2S/c1-13-10-17-11-16(6-9-20(17)27(13)22(29)15-2-3-15)19-12-30-23(25-19)26-21(28)14-4-7-18(24)8-5-14/h4-9,11-13,15H,2-3,10H2,1H3,(H,25,26,28)/t13-/m1/s1. The lowest BCUT2D eigenvalue weighted by Crippen LogP contribution is -2.36. The molecule has 0 unspecified atom stereocenters. The molecule has 1 aromatic heterocycles. The van der Waals surface area contributed by atoms with Gasteiger partial charge in [0.05, 0.1) is 5.69 Å². The zero-order valence-corrected chi connectivity index (χ0v) is 18.0. The summed E-state index contributed by atoms with van der Waals surface area (Å²) >= 11 is 7.27. The molecular weight excluding hydrogens is 418 g/mol. The SMILES string of the molecule is C[C@@H]1Cc2cc(-c3csc(NC(=O)c4ccc(Cl)cc4)n3)ccc2N1C(=O)C1CC1. The quantitative estimate of drug-likeness (QED) is 0.594. The molecule has 0 bridgehead atoms. The van der Waals surface area contributed by atoms with Crippen molar-refractivity contribution >= 4 is 45.6 Å². The molecule has 152 valence electrons. The molecule has 2 aromatic carbocycles. The number of carbonyl (C=O) groups is 2. The molecule has 1 aliphatic heterocycles. The van der Waals surface area contributed by atoms with Crippen LogP contribution in [-0.2, 0) is 11.2 Å². The van der Waals surface area contributed by atoms with Gasteiger partial charge in [-0.3, -0.25) is 14.9 Å². The molecular formula is C23H20ClN3O2S. The third kappa shape index (κ3) is 3.61. The van der Waals surface area contributed by atoms with E-state index < -0.39 is 0 Å². The van der Waals surface area contributed by atoms with E-state index in [0.29, 0.717) is 15.7 Å². The molecule has 0 spiro atoms. The molecule has 1 saturated carbocycles. The van der Waals surface area contributed by atoms with Crippen LogP contribution >= 0.6 is 22.9 Å². The van der Waals surface area contributed by atoms with Crippen molar-refractivity contribution in [1.82, 2.24) is 4.98 Å². The summed E-state index contributed by atoms with van der Waals surface area (Å²) in [6.45, 7) is 2.10. The summed E-state index contributed by atoms with van der Waals surface area (Å²) in [6.07, 6.45) is 2.88. The van der Waals surface area contributed by atoms with E-state index in [-0.39, 0.29) is 23.8 Å². The summed E-state index contributed by atoms with van der Waals surface area (Å²) in [4.78, 5) is 31.6. The number of anilines is 2. The Balaban J connectivity index is 1.34. The van der Waals surface area contributed by atoms with Gasteiger partial charge in [0.25, 0.3) is 5.91 Å². The van der Waals surface area contributed by atoms with E-state index >= 15 is 0 Å². The van der Waals surface area contributed by atoms with Crippen LogP contribution < -0.4 is 10.2 Å². The van der Waals surface area contributed by atoms with Crippen molar-refractivity contribution < 1.29 is 9.59 Å². The number of halogens is 1. The van der Waals surface area contributed by atoms with E-state index in [2.05, 4.69) is 23.3 Å². The van der Waals surface area contributed by atoms with Gasteiger partial charge in [-0.25, -0.2) is 4.98 Å². The molecule has 2 amide bonds. The monoisotopic (exact) mass is 437 g/mol. The van der Waals surface area contributed by atoms with Gasteiger partial charge < -0.3 is 4.90 Å². The maximum Gasteiger partial charge on any atom is 0.257 e. The number of nitrogens with one attached hydrogen (secondary N) is 1. The van der Waals surface area contributed by atoms with Crippen molar-refractivity contribution in [1.29, 1.82) is 0 Å². The fourth-order valence-electron chi connectivity index (χ4n) is 3.89. The van der Waals surface area contributed by atoms with Gasteiger partial charge in [-0.15, -0.1) is 11.3 Å². The number of hydrogen-bond donors (Lipinski definition) is 1. The molecule has 5 rings (SSSR count). The zero-order chi connectivity index (χ0) is 20.8.